The van der Waals surface area contributed by atoms with Gasteiger partial charge in [-0.15, -0.1) is 0 Å². The maximum absolute atomic E-state index is 5.88. The number of ether oxygens (including phenoxy) is 2. The summed E-state index contributed by atoms with van der Waals surface area (Å²) in [6.07, 6.45) is 4.44. The van der Waals surface area contributed by atoms with Crippen LogP contribution < -0.4 is 20.5 Å². The van der Waals surface area contributed by atoms with Crippen molar-refractivity contribution in [1.29, 1.82) is 0 Å². The van der Waals surface area contributed by atoms with Crippen LogP contribution in [0.4, 0.5) is 0 Å². The highest BCUT2D eigenvalue weighted by Gasteiger charge is 2.04. The van der Waals surface area contributed by atoms with Crippen LogP contribution >= 0.6 is 0 Å². The van der Waals surface area contributed by atoms with E-state index in [0.29, 0.717) is 12.5 Å². The van der Waals surface area contributed by atoms with E-state index < -0.39 is 0 Å². The Hall–Kier alpha value is -2.76. The summed E-state index contributed by atoms with van der Waals surface area (Å²) in [5.74, 6) is 1.97. The van der Waals surface area contributed by atoms with E-state index in [9.17, 15) is 0 Å². The molecule has 1 aromatic heterocycles. The molecule has 0 aliphatic rings. The van der Waals surface area contributed by atoms with Crippen molar-refractivity contribution in [3.05, 3.63) is 53.9 Å². The Kier molecular flexibility index (Phi) is 7.56. The fourth-order valence-corrected chi connectivity index (χ4v) is 2.44. The van der Waals surface area contributed by atoms with Crippen LogP contribution in [0.5, 0.6) is 11.5 Å². The van der Waals surface area contributed by atoms with Gasteiger partial charge in [0, 0.05) is 31.4 Å². The second kappa shape index (κ2) is 10.2. The number of nitrogens with one attached hydrogen (secondary N) is 1. The number of aliphatic imine (C=N–C) groups is 1. The summed E-state index contributed by atoms with van der Waals surface area (Å²) in [4.78, 5) is 8.62. The van der Waals surface area contributed by atoms with Gasteiger partial charge in [0.05, 0.1) is 14.2 Å². The first kappa shape index (κ1) is 18.6. The smallest absolute Gasteiger partial charge is 0.188 e. The van der Waals surface area contributed by atoms with Crippen molar-refractivity contribution < 1.29 is 9.47 Å². The molecule has 0 spiro atoms. The Morgan fingerprint density at radius 2 is 1.96 bits per heavy atom. The van der Waals surface area contributed by atoms with E-state index in [4.69, 9.17) is 15.2 Å². The van der Waals surface area contributed by atoms with E-state index in [1.807, 2.05) is 36.4 Å². The van der Waals surface area contributed by atoms with Gasteiger partial charge in [-0.05, 0) is 42.7 Å². The average molecular weight is 342 g/mol. The van der Waals surface area contributed by atoms with Crippen LogP contribution in [0.25, 0.3) is 0 Å². The molecule has 0 fully saturated rings. The standard InChI is InChI=1S/C19H26N4O2/c1-24-17-9-8-15(14-18(17)25-2)6-5-12-22-19(20)23-13-10-16-7-3-4-11-21-16/h3-4,7-9,11,14H,5-6,10,12-13H2,1-2H3,(H3,20,22,23). The van der Waals surface area contributed by atoms with Crippen molar-refractivity contribution in [2.75, 3.05) is 27.3 Å². The second-order valence-electron chi connectivity index (χ2n) is 5.56. The minimum atomic E-state index is 0.475. The number of rotatable bonds is 9. The lowest BCUT2D eigenvalue weighted by atomic mass is 10.1. The molecule has 0 amide bonds. The molecule has 1 aromatic carbocycles. The molecule has 2 aromatic rings. The molecule has 0 aliphatic heterocycles. The van der Waals surface area contributed by atoms with Crippen molar-refractivity contribution in [2.24, 2.45) is 10.7 Å². The first-order valence-corrected chi connectivity index (χ1v) is 8.37. The van der Waals surface area contributed by atoms with Crippen molar-refractivity contribution in [2.45, 2.75) is 19.3 Å². The van der Waals surface area contributed by atoms with E-state index in [1.165, 1.54) is 5.56 Å². The number of aromatic nitrogens is 1. The molecule has 134 valence electrons. The fourth-order valence-electron chi connectivity index (χ4n) is 2.44. The summed E-state index contributed by atoms with van der Waals surface area (Å²) in [5.41, 5.74) is 8.11. The number of methoxy groups -OCH3 is 2. The van der Waals surface area contributed by atoms with Crippen LogP contribution in [0, 0.1) is 0 Å². The predicted octanol–water partition coefficient (Wildman–Crippen LogP) is 2.18. The third-order valence-electron chi connectivity index (χ3n) is 3.77. The molecule has 0 unspecified atom stereocenters. The monoisotopic (exact) mass is 342 g/mol. The molecule has 0 radical (unpaired) electrons. The Labute approximate surface area is 149 Å². The number of pyridine rings is 1. The lowest BCUT2D eigenvalue weighted by Crippen LogP contribution is -2.33. The van der Waals surface area contributed by atoms with Crippen molar-refractivity contribution >= 4 is 5.96 Å². The van der Waals surface area contributed by atoms with E-state index in [1.54, 1.807) is 20.4 Å². The summed E-state index contributed by atoms with van der Waals surface area (Å²) in [6, 6.07) is 11.8. The zero-order valence-electron chi connectivity index (χ0n) is 14.9. The van der Waals surface area contributed by atoms with E-state index >= 15 is 0 Å². The molecule has 2 rings (SSSR count). The highest BCUT2D eigenvalue weighted by Crippen LogP contribution is 2.27. The van der Waals surface area contributed by atoms with Crippen molar-refractivity contribution in [1.82, 2.24) is 10.3 Å². The topological polar surface area (TPSA) is 81.8 Å². The van der Waals surface area contributed by atoms with Gasteiger partial charge >= 0.3 is 0 Å². The number of hydrogen-bond donors (Lipinski definition) is 2. The van der Waals surface area contributed by atoms with Gasteiger partial charge in [-0.25, -0.2) is 0 Å². The summed E-state index contributed by atoms with van der Waals surface area (Å²) in [6.45, 7) is 1.40. The maximum atomic E-state index is 5.88. The van der Waals surface area contributed by atoms with Gasteiger partial charge < -0.3 is 20.5 Å². The normalized spacial score (nSPS) is 11.2. The molecule has 0 saturated carbocycles. The SMILES string of the molecule is COc1ccc(CCCN=C(N)NCCc2ccccn2)cc1OC. The first-order valence-electron chi connectivity index (χ1n) is 8.37. The van der Waals surface area contributed by atoms with Gasteiger partial charge in [0.2, 0.25) is 0 Å². The maximum Gasteiger partial charge on any atom is 0.188 e. The van der Waals surface area contributed by atoms with Crippen LogP contribution in [0.15, 0.2) is 47.6 Å². The van der Waals surface area contributed by atoms with Gasteiger partial charge in [0.1, 0.15) is 0 Å². The van der Waals surface area contributed by atoms with E-state index in [2.05, 4.69) is 15.3 Å². The Morgan fingerprint density at radius 3 is 2.68 bits per heavy atom. The zero-order chi connectivity index (χ0) is 17.9. The van der Waals surface area contributed by atoms with E-state index in [-0.39, 0.29) is 0 Å². The number of benzene rings is 1. The van der Waals surface area contributed by atoms with Crippen LogP contribution in [0.1, 0.15) is 17.7 Å². The number of nitrogens with two attached hydrogens (primary N) is 1. The molecule has 1 heterocycles. The molecule has 25 heavy (non-hydrogen) atoms. The first-order chi connectivity index (χ1) is 12.2. The van der Waals surface area contributed by atoms with Gasteiger partial charge in [-0.3, -0.25) is 9.98 Å². The molecule has 0 atom stereocenters. The van der Waals surface area contributed by atoms with Gasteiger partial charge in [0.15, 0.2) is 17.5 Å². The Balaban J connectivity index is 1.69. The van der Waals surface area contributed by atoms with Crippen LogP contribution in [-0.4, -0.2) is 38.3 Å². The van der Waals surface area contributed by atoms with Gasteiger partial charge in [-0.1, -0.05) is 12.1 Å². The third-order valence-corrected chi connectivity index (χ3v) is 3.77. The average Bonchev–Trinajstić information content (AvgIpc) is 2.66. The largest absolute Gasteiger partial charge is 0.493 e. The highest BCUT2D eigenvalue weighted by atomic mass is 16.5. The molecule has 6 heteroatoms. The third kappa shape index (κ3) is 6.33. The molecule has 0 bridgehead atoms. The lowest BCUT2D eigenvalue weighted by Gasteiger charge is -2.09. The summed E-state index contributed by atoms with van der Waals surface area (Å²) in [5, 5.41) is 3.11. The van der Waals surface area contributed by atoms with Crippen LogP contribution in [0.3, 0.4) is 0 Å². The Morgan fingerprint density at radius 1 is 1.12 bits per heavy atom. The molecule has 0 saturated heterocycles. The second-order valence-corrected chi connectivity index (χ2v) is 5.56. The summed E-state index contributed by atoms with van der Waals surface area (Å²) >= 11 is 0. The van der Waals surface area contributed by atoms with Crippen LogP contribution in [-0.2, 0) is 12.8 Å². The predicted molar refractivity (Wildman–Crippen MR) is 100 cm³/mol. The highest BCUT2D eigenvalue weighted by molar-refractivity contribution is 5.77. The lowest BCUT2D eigenvalue weighted by molar-refractivity contribution is 0.354. The molecule has 0 aliphatic carbocycles. The molecular weight excluding hydrogens is 316 g/mol. The van der Waals surface area contributed by atoms with Gasteiger partial charge in [0.25, 0.3) is 0 Å². The number of hydrogen-bond acceptors (Lipinski definition) is 4. The van der Waals surface area contributed by atoms with E-state index in [0.717, 1.165) is 43.0 Å². The minimum Gasteiger partial charge on any atom is -0.493 e. The Bertz CT molecular complexity index is 674. The number of aryl methyl sites for hydroxylation is 1. The van der Waals surface area contributed by atoms with Crippen LogP contribution in [0.2, 0.25) is 0 Å². The molecule has 6 nitrogen and oxygen atoms in total. The number of nitrogens with zero attached hydrogens (tertiary/aromatic N) is 2. The van der Waals surface area contributed by atoms with Gasteiger partial charge in [-0.2, -0.15) is 0 Å². The minimum absolute atomic E-state index is 0.475. The van der Waals surface area contributed by atoms with Crippen molar-refractivity contribution in [3.63, 3.8) is 0 Å². The van der Waals surface area contributed by atoms with Crippen molar-refractivity contribution in [3.8, 4) is 11.5 Å². The molecular formula is C19H26N4O2. The summed E-state index contributed by atoms with van der Waals surface area (Å²) < 4.78 is 10.6. The number of guanidine groups is 1. The fraction of sp³-hybridized carbons (Fsp3) is 0.368. The zero-order valence-corrected chi connectivity index (χ0v) is 14.9. The quantitative estimate of drug-likeness (QED) is 0.415. The summed E-state index contributed by atoms with van der Waals surface area (Å²) in [7, 11) is 3.28. The molecule has 3 N–H and O–H groups in total.